The lowest BCUT2D eigenvalue weighted by molar-refractivity contribution is -0.118. The number of benzene rings is 1. The minimum absolute atomic E-state index is 0.0307. The Labute approximate surface area is 170 Å². The van der Waals surface area contributed by atoms with Crippen LogP contribution in [-0.2, 0) is 23.2 Å². The van der Waals surface area contributed by atoms with Crippen molar-refractivity contribution in [3.05, 3.63) is 47.4 Å². The van der Waals surface area contributed by atoms with Gasteiger partial charge in [0, 0.05) is 23.8 Å². The maximum atomic E-state index is 14.2. The number of hydrogen-bond donors (Lipinski definition) is 2. The Balaban J connectivity index is 1.67. The van der Waals surface area contributed by atoms with Crippen LogP contribution < -0.4 is 10.6 Å². The Bertz CT molecular complexity index is 872. The third-order valence-corrected chi connectivity index (χ3v) is 5.40. The van der Waals surface area contributed by atoms with Crippen molar-refractivity contribution in [2.24, 2.45) is 0 Å². The summed E-state index contributed by atoms with van der Waals surface area (Å²) in [5.74, 6) is -0.666. The molecule has 0 bridgehead atoms. The second-order valence-electron chi connectivity index (χ2n) is 8.80. The van der Waals surface area contributed by atoms with Crippen molar-refractivity contribution in [2.45, 2.75) is 77.4 Å². The van der Waals surface area contributed by atoms with Gasteiger partial charge in [-0.2, -0.15) is 0 Å². The van der Waals surface area contributed by atoms with E-state index in [-0.39, 0.29) is 17.5 Å². The van der Waals surface area contributed by atoms with Crippen LogP contribution in [0.5, 0.6) is 0 Å². The Hall–Kier alpha value is -2.28. The molecular weight excluding hydrogens is 374 g/mol. The van der Waals surface area contributed by atoms with Gasteiger partial charge in [-0.3, -0.25) is 4.79 Å². The van der Waals surface area contributed by atoms with E-state index in [4.69, 9.17) is 0 Å². The molecule has 5 nitrogen and oxygen atoms in total. The lowest BCUT2D eigenvalue weighted by atomic mass is 9.87. The molecule has 1 amide bonds. The standard InChI is InChI=1S/C22H30F2N4O/c1-5-6-19(21(29)27-20-12-28(13-25-20)22(2,3)4)26-16-8-7-14-9-15(23)10-18(24)17(14)11-16/h9-10,12-13,16,19,26H,5-8,11H2,1-4H3,(H,27,29). The summed E-state index contributed by atoms with van der Waals surface area (Å²) in [7, 11) is 0. The minimum Gasteiger partial charge on any atom is -0.330 e. The average molecular weight is 405 g/mol. The van der Waals surface area contributed by atoms with Gasteiger partial charge in [-0.25, -0.2) is 13.8 Å². The second kappa shape index (κ2) is 8.61. The number of imidazole rings is 1. The Kier molecular flexibility index (Phi) is 6.36. The van der Waals surface area contributed by atoms with Crippen LogP contribution in [-0.4, -0.2) is 27.5 Å². The third kappa shape index (κ3) is 5.21. The van der Waals surface area contributed by atoms with Crippen LogP contribution >= 0.6 is 0 Å². The maximum absolute atomic E-state index is 14.2. The van der Waals surface area contributed by atoms with E-state index in [2.05, 4.69) is 36.4 Å². The number of hydrogen-bond acceptors (Lipinski definition) is 3. The Morgan fingerprint density at radius 1 is 1.34 bits per heavy atom. The molecule has 29 heavy (non-hydrogen) atoms. The molecule has 2 unspecified atom stereocenters. The van der Waals surface area contributed by atoms with E-state index < -0.39 is 17.7 Å². The first-order valence-corrected chi connectivity index (χ1v) is 10.3. The van der Waals surface area contributed by atoms with Crippen LogP contribution in [0, 0.1) is 11.6 Å². The fourth-order valence-corrected chi connectivity index (χ4v) is 3.76. The smallest absolute Gasteiger partial charge is 0.242 e. The second-order valence-corrected chi connectivity index (χ2v) is 8.80. The highest BCUT2D eigenvalue weighted by atomic mass is 19.1. The minimum atomic E-state index is -0.536. The number of nitrogens with one attached hydrogen (secondary N) is 2. The zero-order valence-electron chi connectivity index (χ0n) is 17.6. The number of aryl methyl sites for hydroxylation is 1. The molecule has 158 valence electrons. The molecule has 0 aliphatic heterocycles. The predicted octanol–water partition coefficient (Wildman–Crippen LogP) is 4.17. The highest BCUT2D eigenvalue weighted by molar-refractivity contribution is 5.94. The highest BCUT2D eigenvalue weighted by Gasteiger charge is 2.27. The summed E-state index contributed by atoms with van der Waals surface area (Å²) in [5, 5.41) is 6.28. The lowest BCUT2D eigenvalue weighted by Crippen LogP contribution is -2.48. The molecule has 1 aromatic heterocycles. The number of halogens is 2. The van der Waals surface area contributed by atoms with Crippen molar-refractivity contribution in [3.8, 4) is 0 Å². The number of rotatable bonds is 6. The van der Waals surface area contributed by atoms with Gasteiger partial charge in [0.1, 0.15) is 11.6 Å². The summed E-state index contributed by atoms with van der Waals surface area (Å²) in [6.07, 6.45) is 6.82. The number of carbonyl (C=O) groups is 1. The van der Waals surface area contributed by atoms with E-state index >= 15 is 0 Å². The van der Waals surface area contributed by atoms with Gasteiger partial charge in [0.05, 0.1) is 12.4 Å². The summed E-state index contributed by atoms with van der Waals surface area (Å²) in [5.41, 5.74) is 1.16. The fourth-order valence-electron chi connectivity index (χ4n) is 3.76. The highest BCUT2D eigenvalue weighted by Crippen LogP contribution is 2.26. The number of amides is 1. The topological polar surface area (TPSA) is 59.0 Å². The van der Waals surface area contributed by atoms with E-state index in [1.807, 2.05) is 17.7 Å². The van der Waals surface area contributed by atoms with Crippen LogP contribution in [0.15, 0.2) is 24.7 Å². The van der Waals surface area contributed by atoms with Gasteiger partial charge >= 0.3 is 0 Å². The quantitative estimate of drug-likeness (QED) is 0.760. The molecule has 0 spiro atoms. The van der Waals surface area contributed by atoms with Crippen molar-refractivity contribution < 1.29 is 13.6 Å². The van der Waals surface area contributed by atoms with Crippen LogP contribution in [0.2, 0.25) is 0 Å². The first kappa shape index (κ1) is 21.4. The van der Waals surface area contributed by atoms with Gasteiger partial charge < -0.3 is 15.2 Å². The van der Waals surface area contributed by atoms with Crippen LogP contribution in [0.1, 0.15) is 58.1 Å². The van der Waals surface area contributed by atoms with Crippen LogP contribution in [0.3, 0.4) is 0 Å². The number of anilines is 1. The van der Waals surface area contributed by atoms with E-state index in [1.54, 1.807) is 6.33 Å². The average Bonchev–Trinajstić information content (AvgIpc) is 3.10. The molecule has 2 aromatic rings. The van der Waals surface area contributed by atoms with Crippen molar-refractivity contribution in [3.63, 3.8) is 0 Å². The fraction of sp³-hybridized carbons (Fsp3) is 0.545. The van der Waals surface area contributed by atoms with Gasteiger partial charge in [-0.15, -0.1) is 0 Å². The molecule has 1 aromatic carbocycles. The SMILES string of the molecule is CCCC(NC1CCc2cc(F)cc(F)c2C1)C(=O)Nc1cn(C(C)(C)C)cn1. The monoisotopic (exact) mass is 404 g/mol. The first-order valence-electron chi connectivity index (χ1n) is 10.3. The predicted molar refractivity (Wildman–Crippen MR) is 110 cm³/mol. The third-order valence-electron chi connectivity index (χ3n) is 5.40. The summed E-state index contributed by atoms with van der Waals surface area (Å²) in [6.45, 7) is 8.21. The van der Waals surface area contributed by atoms with Crippen molar-refractivity contribution in [1.82, 2.24) is 14.9 Å². The maximum Gasteiger partial charge on any atom is 0.242 e. The molecule has 0 radical (unpaired) electrons. The zero-order chi connectivity index (χ0) is 21.2. The molecule has 7 heteroatoms. The molecule has 2 atom stereocenters. The van der Waals surface area contributed by atoms with E-state index in [0.717, 1.165) is 24.5 Å². The molecule has 0 saturated heterocycles. The largest absolute Gasteiger partial charge is 0.330 e. The van der Waals surface area contributed by atoms with Crippen LogP contribution in [0.25, 0.3) is 0 Å². The number of aromatic nitrogens is 2. The first-order chi connectivity index (χ1) is 13.7. The van der Waals surface area contributed by atoms with E-state index in [0.29, 0.717) is 30.6 Å². The Morgan fingerprint density at radius 3 is 2.76 bits per heavy atom. The summed E-state index contributed by atoms with van der Waals surface area (Å²) in [6, 6.07) is 1.92. The van der Waals surface area contributed by atoms with Crippen molar-refractivity contribution in [1.29, 1.82) is 0 Å². The van der Waals surface area contributed by atoms with Crippen molar-refractivity contribution in [2.75, 3.05) is 5.32 Å². The summed E-state index contributed by atoms with van der Waals surface area (Å²) >= 11 is 0. The summed E-state index contributed by atoms with van der Waals surface area (Å²) in [4.78, 5) is 17.1. The molecule has 1 aliphatic rings. The van der Waals surface area contributed by atoms with E-state index in [9.17, 15) is 13.6 Å². The lowest BCUT2D eigenvalue weighted by Gasteiger charge is -2.29. The molecular formula is C22H30F2N4O. The van der Waals surface area contributed by atoms with E-state index in [1.165, 1.54) is 6.07 Å². The number of carbonyl (C=O) groups excluding carboxylic acids is 1. The molecule has 0 saturated carbocycles. The van der Waals surface area contributed by atoms with Gasteiger partial charge in [0.15, 0.2) is 5.82 Å². The normalized spacial score (nSPS) is 17.7. The van der Waals surface area contributed by atoms with Crippen LogP contribution in [0.4, 0.5) is 14.6 Å². The number of nitrogens with zero attached hydrogens (tertiary/aromatic N) is 2. The van der Waals surface area contributed by atoms with Gasteiger partial charge in [-0.1, -0.05) is 13.3 Å². The Morgan fingerprint density at radius 2 is 2.10 bits per heavy atom. The zero-order valence-corrected chi connectivity index (χ0v) is 17.6. The molecule has 3 rings (SSSR count). The number of fused-ring (bicyclic) bond motifs is 1. The van der Waals surface area contributed by atoms with Gasteiger partial charge in [0.2, 0.25) is 5.91 Å². The van der Waals surface area contributed by atoms with Gasteiger partial charge in [-0.05, 0) is 63.6 Å². The van der Waals surface area contributed by atoms with Crippen molar-refractivity contribution >= 4 is 11.7 Å². The summed E-state index contributed by atoms with van der Waals surface area (Å²) < 4.78 is 29.6. The molecule has 1 aliphatic carbocycles. The molecule has 1 heterocycles. The van der Waals surface area contributed by atoms with Gasteiger partial charge in [0.25, 0.3) is 0 Å². The molecule has 2 N–H and O–H groups in total. The molecule has 0 fully saturated rings.